The lowest BCUT2D eigenvalue weighted by molar-refractivity contribution is -0.117. The Labute approximate surface area is 146 Å². The molecule has 1 aliphatic heterocycles. The van der Waals surface area contributed by atoms with Gasteiger partial charge in [0.2, 0.25) is 10.0 Å². The second-order valence-electron chi connectivity index (χ2n) is 6.19. The van der Waals surface area contributed by atoms with Crippen molar-refractivity contribution in [3.8, 4) is 0 Å². The van der Waals surface area contributed by atoms with E-state index in [2.05, 4.69) is 15.1 Å². The number of hydrogen-bond donors (Lipinski definition) is 2. The van der Waals surface area contributed by atoms with Crippen molar-refractivity contribution in [2.75, 3.05) is 27.7 Å². The van der Waals surface area contributed by atoms with Crippen LogP contribution in [0.15, 0.2) is 30.3 Å². The van der Waals surface area contributed by atoms with Gasteiger partial charge in [-0.15, -0.1) is 0 Å². The summed E-state index contributed by atoms with van der Waals surface area (Å²) in [6.45, 7) is 2.52. The number of amides is 1. The van der Waals surface area contributed by atoms with E-state index < -0.39 is 10.0 Å². The Bertz CT molecular complexity index is 889. The Balaban J connectivity index is 1.68. The van der Waals surface area contributed by atoms with Crippen molar-refractivity contribution in [3.63, 3.8) is 0 Å². The van der Waals surface area contributed by atoms with E-state index in [0.29, 0.717) is 18.7 Å². The molecule has 1 atom stereocenters. The van der Waals surface area contributed by atoms with Crippen LogP contribution in [0.5, 0.6) is 0 Å². The molecule has 1 fully saturated rings. The second-order valence-corrected chi connectivity index (χ2v) is 7.94. The molecular weight excluding hydrogens is 342 g/mol. The maximum Gasteiger partial charge on any atom is 0.250 e. The van der Waals surface area contributed by atoms with Gasteiger partial charge in [0.05, 0.1) is 11.9 Å². The first-order chi connectivity index (χ1) is 11.7. The predicted molar refractivity (Wildman–Crippen MR) is 97.2 cm³/mol. The normalized spacial score (nSPS) is 17.8. The van der Waals surface area contributed by atoms with Crippen LogP contribution in [-0.2, 0) is 21.9 Å². The minimum atomic E-state index is -3.30. The molecule has 2 N–H and O–H groups in total. The number of rotatable bonds is 5. The maximum atomic E-state index is 12.7. The highest BCUT2D eigenvalue weighted by Gasteiger charge is 2.34. The van der Waals surface area contributed by atoms with Crippen LogP contribution in [-0.4, -0.2) is 42.9 Å². The van der Waals surface area contributed by atoms with Crippen molar-refractivity contribution in [2.45, 2.75) is 19.4 Å². The van der Waals surface area contributed by atoms with E-state index in [4.69, 9.17) is 0 Å². The molecule has 0 saturated carbocycles. The van der Waals surface area contributed by atoms with Crippen molar-refractivity contribution in [1.29, 1.82) is 0 Å². The number of nitrogens with one attached hydrogen (secondary N) is 2. The van der Waals surface area contributed by atoms with Crippen molar-refractivity contribution >= 4 is 33.1 Å². The molecule has 1 aromatic heterocycles. The van der Waals surface area contributed by atoms with Gasteiger partial charge in [-0.25, -0.2) is 8.42 Å². The van der Waals surface area contributed by atoms with E-state index in [-0.39, 0.29) is 11.9 Å². The first-order valence-corrected chi connectivity index (χ1v) is 9.78. The molecule has 0 spiro atoms. The predicted octanol–water partition coefficient (Wildman–Crippen LogP) is 1.32. The monoisotopic (exact) mass is 363 g/mol. The van der Waals surface area contributed by atoms with Gasteiger partial charge >= 0.3 is 0 Å². The smallest absolute Gasteiger partial charge is 0.250 e. The Morgan fingerprint density at radius 3 is 2.40 bits per heavy atom. The summed E-state index contributed by atoms with van der Waals surface area (Å²) in [6, 6.07) is 8.39. The standard InChI is InChI=1S/C16H21N5O3S/c1-11-10-15(20(2)18-11)21-9-8-14(16(21)22)17-12-4-6-13(7-5-12)19-25(3,23)24/h4-7,10,14,17,19H,8-9H2,1-3H3. The zero-order valence-corrected chi connectivity index (χ0v) is 15.2. The third-order valence-electron chi connectivity index (χ3n) is 3.99. The number of anilines is 3. The van der Waals surface area contributed by atoms with E-state index in [1.54, 1.807) is 33.8 Å². The van der Waals surface area contributed by atoms with Crippen LogP contribution >= 0.6 is 0 Å². The molecule has 9 heteroatoms. The fraction of sp³-hybridized carbons (Fsp3) is 0.375. The Kier molecular flexibility index (Phi) is 4.42. The SMILES string of the molecule is Cc1cc(N2CCC(Nc3ccc(NS(C)(=O)=O)cc3)C2=O)n(C)n1. The number of benzene rings is 1. The maximum absolute atomic E-state index is 12.7. The summed E-state index contributed by atoms with van der Waals surface area (Å²) in [7, 11) is -1.48. The molecule has 0 radical (unpaired) electrons. The third-order valence-corrected chi connectivity index (χ3v) is 4.59. The van der Waals surface area contributed by atoms with Gasteiger partial charge in [0.1, 0.15) is 11.9 Å². The van der Waals surface area contributed by atoms with E-state index in [9.17, 15) is 13.2 Å². The molecule has 134 valence electrons. The highest BCUT2D eigenvalue weighted by atomic mass is 32.2. The average molecular weight is 363 g/mol. The van der Waals surface area contributed by atoms with Crippen molar-refractivity contribution in [2.24, 2.45) is 7.05 Å². The van der Waals surface area contributed by atoms with Crippen LogP contribution in [0.1, 0.15) is 12.1 Å². The minimum Gasteiger partial charge on any atom is -0.374 e. The first-order valence-electron chi connectivity index (χ1n) is 7.89. The summed E-state index contributed by atoms with van der Waals surface area (Å²) in [4.78, 5) is 14.4. The number of carbonyl (C=O) groups excluding carboxylic acids is 1. The van der Waals surface area contributed by atoms with Gasteiger partial charge in [-0.2, -0.15) is 5.10 Å². The second kappa shape index (κ2) is 6.40. The Morgan fingerprint density at radius 1 is 1.20 bits per heavy atom. The van der Waals surface area contributed by atoms with Gasteiger partial charge < -0.3 is 5.32 Å². The van der Waals surface area contributed by atoms with Gasteiger partial charge in [0.25, 0.3) is 5.91 Å². The highest BCUT2D eigenvalue weighted by Crippen LogP contribution is 2.24. The largest absolute Gasteiger partial charge is 0.374 e. The molecule has 0 bridgehead atoms. The molecular formula is C16H21N5O3S. The zero-order valence-electron chi connectivity index (χ0n) is 14.4. The minimum absolute atomic E-state index is 0.00124. The molecule has 25 heavy (non-hydrogen) atoms. The van der Waals surface area contributed by atoms with E-state index in [1.807, 2.05) is 20.0 Å². The number of aryl methyl sites for hydroxylation is 2. The van der Waals surface area contributed by atoms with Crippen molar-refractivity contribution < 1.29 is 13.2 Å². The molecule has 1 amide bonds. The average Bonchev–Trinajstić information content (AvgIpc) is 3.02. The number of carbonyl (C=O) groups is 1. The van der Waals surface area contributed by atoms with Gasteiger partial charge in [0.15, 0.2) is 0 Å². The molecule has 2 heterocycles. The van der Waals surface area contributed by atoms with Crippen LogP contribution in [0, 0.1) is 6.92 Å². The molecule has 1 saturated heterocycles. The lowest BCUT2D eigenvalue weighted by Gasteiger charge is -2.17. The van der Waals surface area contributed by atoms with Gasteiger partial charge in [-0.3, -0.25) is 19.1 Å². The van der Waals surface area contributed by atoms with Gasteiger partial charge in [-0.1, -0.05) is 0 Å². The molecule has 2 aromatic rings. The van der Waals surface area contributed by atoms with Crippen LogP contribution < -0.4 is 14.9 Å². The lowest BCUT2D eigenvalue weighted by Crippen LogP contribution is -2.34. The molecule has 1 aliphatic rings. The zero-order chi connectivity index (χ0) is 18.2. The summed E-state index contributed by atoms with van der Waals surface area (Å²) in [5.41, 5.74) is 2.12. The Morgan fingerprint density at radius 2 is 1.84 bits per heavy atom. The Hall–Kier alpha value is -2.55. The topological polar surface area (TPSA) is 96.3 Å². The fourth-order valence-electron chi connectivity index (χ4n) is 2.94. The van der Waals surface area contributed by atoms with Gasteiger partial charge in [0, 0.05) is 31.0 Å². The molecule has 1 aromatic carbocycles. The number of hydrogen-bond acceptors (Lipinski definition) is 5. The number of sulfonamides is 1. The lowest BCUT2D eigenvalue weighted by atomic mass is 10.2. The molecule has 0 aliphatic carbocycles. The molecule has 3 rings (SSSR count). The summed E-state index contributed by atoms with van der Waals surface area (Å²) in [5.74, 6) is 0.792. The van der Waals surface area contributed by atoms with E-state index in [0.717, 1.165) is 23.5 Å². The highest BCUT2D eigenvalue weighted by molar-refractivity contribution is 7.92. The van der Waals surface area contributed by atoms with Crippen LogP contribution in [0.25, 0.3) is 0 Å². The first kappa shape index (κ1) is 17.3. The summed E-state index contributed by atoms with van der Waals surface area (Å²) in [5, 5.41) is 7.49. The van der Waals surface area contributed by atoms with Gasteiger partial charge in [-0.05, 0) is 37.6 Å². The van der Waals surface area contributed by atoms with Crippen molar-refractivity contribution in [3.05, 3.63) is 36.0 Å². The number of aromatic nitrogens is 2. The fourth-order valence-corrected chi connectivity index (χ4v) is 3.50. The summed E-state index contributed by atoms with van der Waals surface area (Å²) < 4.78 is 26.6. The van der Waals surface area contributed by atoms with Crippen LogP contribution in [0.4, 0.5) is 17.2 Å². The summed E-state index contributed by atoms with van der Waals surface area (Å²) in [6.07, 6.45) is 1.79. The number of nitrogens with zero attached hydrogens (tertiary/aromatic N) is 3. The van der Waals surface area contributed by atoms with E-state index in [1.165, 1.54) is 0 Å². The summed E-state index contributed by atoms with van der Waals surface area (Å²) >= 11 is 0. The van der Waals surface area contributed by atoms with E-state index >= 15 is 0 Å². The molecule has 8 nitrogen and oxygen atoms in total. The molecule has 1 unspecified atom stereocenters. The van der Waals surface area contributed by atoms with Crippen LogP contribution in [0.2, 0.25) is 0 Å². The van der Waals surface area contributed by atoms with Crippen LogP contribution in [0.3, 0.4) is 0 Å². The third kappa shape index (κ3) is 3.93. The van der Waals surface area contributed by atoms with Crippen molar-refractivity contribution in [1.82, 2.24) is 9.78 Å². The quantitative estimate of drug-likeness (QED) is 0.835.